The topological polar surface area (TPSA) is 45.7 Å². The van der Waals surface area contributed by atoms with Crippen molar-refractivity contribution in [2.24, 2.45) is 0 Å². The van der Waals surface area contributed by atoms with Crippen LogP contribution in [0.25, 0.3) is 10.2 Å². The molecule has 0 aliphatic heterocycles. The molecular weight excluding hydrogens is 382 g/mol. The highest BCUT2D eigenvalue weighted by molar-refractivity contribution is 7.22. The first kappa shape index (κ1) is 21.3. The van der Waals surface area contributed by atoms with Crippen LogP contribution in [0.3, 0.4) is 0 Å². The van der Waals surface area contributed by atoms with Gasteiger partial charge in [0.25, 0.3) is 5.91 Å². The molecule has 0 unspecified atom stereocenters. The van der Waals surface area contributed by atoms with E-state index in [-0.39, 0.29) is 5.91 Å². The Balaban J connectivity index is 1.96. The van der Waals surface area contributed by atoms with Gasteiger partial charge in [-0.2, -0.15) is 0 Å². The van der Waals surface area contributed by atoms with Crippen LogP contribution in [0.1, 0.15) is 36.7 Å². The van der Waals surface area contributed by atoms with E-state index in [0.717, 1.165) is 51.9 Å². The van der Waals surface area contributed by atoms with E-state index in [4.69, 9.17) is 9.72 Å². The van der Waals surface area contributed by atoms with Crippen LogP contribution in [0.4, 0.5) is 5.13 Å². The van der Waals surface area contributed by atoms with Crippen LogP contribution in [0, 0.1) is 6.92 Å². The minimum atomic E-state index is -0.000607. The van der Waals surface area contributed by atoms with Crippen molar-refractivity contribution in [3.63, 3.8) is 0 Å². The van der Waals surface area contributed by atoms with Crippen LogP contribution < -0.4 is 9.64 Å². The predicted octanol–water partition coefficient (Wildman–Crippen LogP) is 4.99. The van der Waals surface area contributed by atoms with Crippen LogP contribution in [0.5, 0.6) is 5.75 Å². The van der Waals surface area contributed by atoms with Crippen molar-refractivity contribution >= 4 is 32.6 Å². The highest BCUT2D eigenvalue weighted by Crippen LogP contribution is 2.32. The van der Waals surface area contributed by atoms with E-state index in [1.807, 2.05) is 61.2 Å². The first-order valence-electron chi connectivity index (χ1n) is 10.2. The van der Waals surface area contributed by atoms with Crippen LogP contribution in [-0.2, 0) is 0 Å². The Kier molecular flexibility index (Phi) is 7.23. The normalized spacial score (nSPS) is 11.2. The highest BCUT2D eigenvalue weighted by atomic mass is 32.1. The van der Waals surface area contributed by atoms with E-state index in [9.17, 15) is 4.79 Å². The van der Waals surface area contributed by atoms with Crippen molar-refractivity contribution in [2.45, 2.75) is 27.7 Å². The number of thiazole rings is 1. The maximum atomic E-state index is 13.5. The number of nitrogens with zero attached hydrogens (tertiary/aromatic N) is 3. The van der Waals surface area contributed by atoms with Crippen molar-refractivity contribution < 1.29 is 9.53 Å². The van der Waals surface area contributed by atoms with E-state index in [2.05, 4.69) is 18.7 Å². The van der Waals surface area contributed by atoms with Gasteiger partial charge in [0, 0.05) is 18.7 Å². The lowest BCUT2D eigenvalue weighted by Gasteiger charge is -2.25. The third-order valence-corrected chi connectivity index (χ3v) is 6.09. The Labute approximate surface area is 176 Å². The standard InChI is InChI=1S/C23H29N3O2S/c1-5-25(6-2)14-15-26(22(27)19-11-9-8-10-17(19)4)23-24-20-13-12-18(28-7-3)16-21(20)29-23/h8-13,16H,5-7,14-15H2,1-4H3. The van der Waals surface area contributed by atoms with Crippen molar-refractivity contribution in [2.75, 3.05) is 37.7 Å². The molecule has 0 radical (unpaired) electrons. The van der Waals surface area contributed by atoms with Gasteiger partial charge in [0.1, 0.15) is 5.75 Å². The SMILES string of the molecule is CCOc1ccc2nc(N(CCN(CC)CC)C(=O)c3ccccc3C)sc2c1. The summed E-state index contributed by atoms with van der Waals surface area (Å²) in [6, 6.07) is 13.6. The van der Waals surface area contributed by atoms with Crippen LogP contribution in [-0.4, -0.2) is 48.6 Å². The Morgan fingerprint density at radius 1 is 1.07 bits per heavy atom. The number of anilines is 1. The molecule has 0 bridgehead atoms. The molecule has 1 heterocycles. The van der Waals surface area contributed by atoms with Crippen molar-refractivity contribution in [3.05, 3.63) is 53.6 Å². The van der Waals surface area contributed by atoms with Gasteiger partial charge < -0.3 is 9.64 Å². The summed E-state index contributed by atoms with van der Waals surface area (Å²) in [5.41, 5.74) is 2.59. The van der Waals surface area contributed by atoms with Crippen LogP contribution in [0.2, 0.25) is 0 Å². The van der Waals surface area contributed by atoms with E-state index in [1.54, 1.807) is 0 Å². The first-order chi connectivity index (χ1) is 14.1. The fourth-order valence-electron chi connectivity index (χ4n) is 3.29. The average molecular weight is 412 g/mol. The Bertz CT molecular complexity index is 966. The molecule has 2 aromatic carbocycles. The summed E-state index contributed by atoms with van der Waals surface area (Å²) in [6.07, 6.45) is 0. The van der Waals surface area contributed by atoms with Gasteiger partial charge in [0.05, 0.1) is 16.8 Å². The lowest BCUT2D eigenvalue weighted by Crippen LogP contribution is -2.39. The van der Waals surface area contributed by atoms with Gasteiger partial charge in [-0.25, -0.2) is 4.98 Å². The summed E-state index contributed by atoms with van der Waals surface area (Å²) < 4.78 is 6.64. The molecule has 0 saturated heterocycles. The number of rotatable bonds is 9. The number of carbonyl (C=O) groups excluding carboxylic acids is 1. The zero-order valence-corrected chi connectivity index (χ0v) is 18.5. The van der Waals surface area contributed by atoms with E-state index >= 15 is 0 Å². The number of ether oxygens (including phenoxy) is 1. The molecule has 3 rings (SSSR count). The van der Waals surface area contributed by atoms with Crippen molar-refractivity contribution in [3.8, 4) is 5.75 Å². The van der Waals surface area contributed by atoms with Gasteiger partial charge in [-0.1, -0.05) is 43.4 Å². The smallest absolute Gasteiger partial charge is 0.260 e. The molecule has 0 aliphatic carbocycles. The lowest BCUT2D eigenvalue weighted by atomic mass is 10.1. The molecule has 0 aliphatic rings. The number of amides is 1. The summed E-state index contributed by atoms with van der Waals surface area (Å²) in [5, 5.41) is 0.731. The summed E-state index contributed by atoms with van der Waals surface area (Å²) in [7, 11) is 0. The number of likely N-dealkylation sites (N-methyl/N-ethyl adjacent to an activating group) is 1. The number of aromatic nitrogens is 1. The summed E-state index contributed by atoms with van der Waals surface area (Å²) in [4.78, 5) is 22.4. The van der Waals surface area contributed by atoms with Crippen molar-refractivity contribution in [1.82, 2.24) is 9.88 Å². The summed E-state index contributed by atoms with van der Waals surface area (Å²) >= 11 is 1.54. The quantitative estimate of drug-likeness (QED) is 0.497. The number of carbonyl (C=O) groups is 1. The molecule has 29 heavy (non-hydrogen) atoms. The number of fused-ring (bicyclic) bond motifs is 1. The van der Waals surface area contributed by atoms with E-state index < -0.39 is 0 Å². The second kappa shape index (κ2) is 9.85. The lowest BCUT2D eigenvalue weighted by molar-refractivity contribution is 0.0983. The van der Waals surface area contributed by atoms with E-state index in [1.165, 1.54) is 11.3 Å². The molecule has 1 amide bonds. The summed E-state index contributed by atoms with van der Waals surface area (Å²) in [5.74, 6) is 0.828. The number of benzene rings is 2. The Morgan fingerprint density at radius 2 is 1.83 bits per heavy atom. The zero-order valence-electron chi connectivity index (χ0n) is 17.6. The third kappa shape index (κ3) is 4.95. The molecule has 0 atom stereocenters. The zero-order chi connectivity index (χ0) is 20.8. The summed E-state index contributed by atoms with van der Waals surface area (Å²) in [6.45, 7) is 12.2. The average Bonchev–Trinajstić information content (AvgIpc) is 3.14. The second-order valence-electron chi connectivity index (χ2n) is 6.86. The van der Waals surface area contributed by atoms with E-state index in [0.29, 0.717) is 13.2 Å². The van der Waals surface area contributed by atoms with Gasteiger partial charge in [0.15, 0.2) is 5.13 Å². The number of hydrogen-bond acceptors (Lipinski definition) is 5. The fraction of sp³-hybridized carbons (Fsp3) is 0.391. The van der Waals surface area contributed by atoms with Gasteiger partial charge in [0.2, 0.25) is 0 Å². The molecular formula is C23H29N3O2S. The van der Waals surface area contributed by atoms with Gasteiger partial charge in [-0.15, -0.1) is 0 Å². The molecule has 1 aromatic heterocycles. The monoisotopic (exact) mass is 411 g/mol. The molecule has 0 N–H and O–H groups in total. The molecule has 3 aromatic rings. The maximum absolute atomic E-state index is 13.5. The predicted molar refractivity (Wildman–Crippen MR) is 121 cm³/mol. The van der Waals surface area contributed by atoms with Gasteiger partial charge in [-0.05, 0) is 56.8 Å². The van der Waals surface area contributed by atoms with Crippen LogP contribution >= 0.6 is 11.3 Å². The minimum Gasteiger partial charge on any atom is -0.494 e. The van der Waals surface area contributed by atoms with Gasteiger partial charge in [-0.3, -0.25) is 9.69 Å². The highest BCUT2D eigenvalue weighted by Gasteiger charge is 2.23. The van der Waals surface area contributed by atoms with Crippen molar-refractivity contribution in [1.29, 1.82) is 0 Å². The molecule has 6 heteroatoms. The molecule has 0 saturated carbocycles. The fourth-order valence-corrected chi connectivity index (χ4v) is 4.31. The second-order valence-corrected chi connectivity index (χ2v) is 7.87. The third-order valence-electron chi connectivity index (χ3n) is 5.05. The number of aryl methyl sites for hydroxylation is 1. The minimum absolute atomic E-state index is 0.000607. The molecule has 0 fully saturated rings. The maximum Gasteiger partial charge on any atom is 0.260 e. The van der Waals surface area contributed by atoms with Gasteiger partial charge >= 0.3 is 0 Å². The molecule has 154 valence electrons. The van der Waals surface area contributed by atoms with Crippen LogP contribution in [0.15, 0.2) is 42.5 Å². The Morgan fingerprint density at radius 3 is 2.52 bits per heavy atom. The molecule has 5 nitrogen and oxygen atoms in total. The number of hydrogen-bond donors (Lipinski definition) is 0. The molecule has 0 spiro atoms. The Hall–Kier alpha value is -2.44. The largest absolute Gasteiger partial charge is 0.494 e. The first-order valence-corrected chi connectivity index (χ1v) is 11.0.